The molecule has 186 valence electrons. The number of halogens is 1. The van der Waals surface area contributed by atoms with Gasteiger partial charge >= 0.3 is 5.97 Å². The summed E-state index contributed by atoms with van der Waals surface area (Å²) in [6.07, 6.45) is 0.780. The van der Waals surface area contributed by atoms with Crippen molar-refractivity contribution >= 4 is 45.1 Å². The van der Waals surface area contributed by atoms with Crippen molar-refractivity contribution < 1.29 is 23.9 Å². The second-order valence-corrected chi connectivity index (χ2v) is 9.54. The number of rotatable bonds is 8. The fourth-order valence-corrected chi connectivity index (χ4v) is 4.38. The predicted octanol–water partition coefficient (Wildman–Crippen LogP) is 5.65. The van der Waals surface area contributed by atoms with Gasteiger partial charge in [-0.2, -0.15) is 0 Å². The summed E-state index contributed by atoms with van der Waals surface area (Å²) in [6, 6.07) is 20.4. The van der Waals surface area contributed by atoms with Crippen LogP contribution in [0.25, 0.3) is 0 Å². The van der Waals surface area contributed by atoms with E-state index in [1.165, 1.54) is 0 Å². The normalized spacial score (nSPS) is 15.0. The summed E-state index contributed by atoms with van der Waals surface area (Å²) in [6.45, 7) is 3.79. The molecule has 0 radical (unpaired) electrons. The molecule has 0 spiro atoms. The molecule has 1 fully saturated rings. The predicted molar refractivity (Wildman–Crippen MR) is 141 cm³/mol. The first-order chi connectivity index (χ1) is 17.3. The number of nitrogens with zero attached hydrogens (tertiary/aromatic N) is 1. The van der Waals surface area contributed by atoms with Crippen molar-refractivity contribution in [3.8, 4) is 11.5 Å². The van der Waals surface area contributed by atoms with E-state index in [-0.39, 0.29) is 18.9 Å². The van der Waals surface area contributed by atoms with E-state index < -0.39 is 24.4 Å². The second kappa shape index (κ2) is 11.4. The summed E-state index contributed by atoms with van der Waals surface area (Å²) in [7, 11) is 0. The van der Waals surface area contributed by atoms with Crippen LogP contribution in [0, 0.1) is 12.8 Å². The lowest BCUT2D eigenvalue weighted by Gasteiger charge is -2.17. The largest absolute Gasteiger partial charge is 0.457 e. The van der Waals surface area contributed by atoms with E-state index in [0.29, 0.717) is 17.1 Å². The number of benzene rings is 3. The fourth-order valence-electron chi connectivity index (χ4n) is 3.97. The summed E-state index contributed by atoms with van der Waals surface area (Å²) in [5, 5.41) is 2.78. The van der Waals surface area contributed by atoms with Gasteiger partial charge in [0.1, 0.15) is 11.5 Å². The summed E-state index contributed by atoms with van der Waals surface area (Å²) in [5.74, 6) is -0.419. The van der Waals surface area contributed by atoms with Gasteiger partial charge in [-0.1, -0.05) is 40.5 Å². The van der Waals surface area contributed by atoms with Crippen LogP contribution in [-0.2, 0) is 25.5 Å². The Morgan fingerprint density at radius 2 is 1.69 bits per heavy atom. The number of amides is 2. The molecule has 0 unspecified atom stereocenters. The smallest absolute Gasteiger partial charge is 0.311 e. The van der Waals surface area contributed by atoms with Crippen LogP contribution in [0.3, 0.4) is 0 Å². The molecule has 1 atom stereocenters. The first kappa shape index (κ1) is 25.4. The van der Waals surface area contributed by atoms with E-state index in [1.807, 2.05) is 50.2 Å². The van der Waals surface area contributed by atoms with Crippen molar-refractivity contribution in [2.24, 2.45) is 5.92 Å². The number of hydrogen-bond acceptors (Lipinski definition) is 5. The number of nitrogens with one attached hydrogen (secondary N) is 1. The second-order valence-electron chi connectivity index (χ2n) is 8.63. The first-order valence-electron chi connectivity index (χ1n) is 11.7. The van der Waals surface area contributed by atoms with Crippen LogP contribution in [0.15, 0.2) is 71.2 Å². The van der Waals surface area contributed by atoms with E-state index >= 15 is 0 Å². The van der Waals surface area contributed by atoms with Gasteiger partial charge < -0.3 is 19.7 Å². The molecule has 0 aromatic heterocycles. The van der Waals surface area contributed by atoms with E-state index in [1.54, 1.807) is 35.2 Å². The topological polar surface area (TPSA) is 84.9 Å². The Balaban J connectivity index is 1.29. The Labute approximate surface area is 218 Å². The van der Waals surface area contributed by atoms with Crippen LogP contribution in [-0.4, -0.2) is 30.9 Å². The molecule has 36 heavy (non-hydrogen) atoms. The average molecular weight is 551 g/mol. The van der Waals surface area contributed by atoms with Crippen LogP contribution in [0.1, 0.15) is 24.5 Å². The van der Waals surface area contributed by atoms with Crippen LogP contribution in [0.2, 0.25) is 0 Å². The van der Waals surface area contributed by atoms with Crippen molar-refractivity contribution in [3.05, 3.63) is 82.3 Å². The number of hydrogen-bond donors (Lipinski definition) is 1. The first-order valence-corrected chi connectivity index (χ1v) is 12.5. The lowest BCUT2D eigenvalue weighted by molar-refractivity contribution is -0.151. The van der Waals surface area contributed by atoms with Gasteiger partial charge in [-0.05, 0) is 73.5 Å². The molecule has 0 aliphatic carbocycles. The highest BCUT2D eigenvalue weighted by molar-refractivity contribution is 9.10. The van der Waals surface area contributed by atoms with Crippen molar-refractivity contribution in [1.29, 1.82) is 0 Å². The third-order valence-electron chi connectivity index (χ3n) is 5.93. The number of carbonyl (C=O) groups excluding carboxylic acids is 3. The molecule has 0 saturated carbocycles. The van der Waals surface area contributed by atoms with E-state index in [0.717, 1.165) is 27.8 Å². The monoisotopic (exact) mass is 550 g/mol. The van der Waals surface area contributed by atoms with Crippen LogP contribution >= 0.6 is 15.9 Å². The molecule has 7 nitrogen and oxygen atoms in total. The molecule has 8 heteroatoms. The maximum Gasteiger partial charge on any atom is 0.311 e. The average Bonchev–Trinajstić information content (AvgIpc) is 3.27. The number of ether oxygens (including phenoxy) is 2. The Bertz CT molecular complexity index is 1260. The summed E-state index contributed by atoms with van der Waals surface area (Å²) >= 11 is 3.42. The zero-order valence-electron chi connectivity index (χ0n) is 20.1. The number of carbonyl (C=O) groups is 3. The van der Waals surface area contributed by atoms with E-state index in [4.69, 9.17) is 9.47 Å². The number of aryl methyl sites for hydroxylation is 2. The quantitative estimate of drug-likeness (QED) is 0.366. The lowest BCUT2D eigenvalue weighted by Crippen LogP contribution is -2.28. The zero-order chi connectivity index (χ0) is 25.7. The van der Waals surface area contributed by atoms with Gasteiger partial charge in [0, 0.05) is 28.8 Å². The SMILES string of the molecule is CCc1cc(Br)ccc1NC(=O)COC(=O)[C@@H]1CC(=O)N(c2ccc(Oc3ccc(C)cc3)cc2)C1. The highest BCUT2D eigenvalue weighted by atomic mass is 79.9. The van der Waals surface area contributed by atoms with Crippen molar-refractivity contribution in [2.45, 2.75) is 26.7 Å². The van der Waals surface area contributed by atoms with Gasteiger partial charge in [0.15, 0.2) is 6.61 Å². The highest BCUT2D eigenvalue weighted by Crippen LogP contribution is 2.29. The molecule has 4 rings (SSSR count). The van der Waals surface area contributed by atoms with Crippen molar-refractivity contribution in [2.75, 3.05) is 23.4 Å². The third-order valence-corrected chi connectivity index (χ3v) is 6.42. The van der Waals surface area contributed by atoms with Crippen molar-refractivity contribution in [1.82, 2.24) is 0 Å². The Hall–Kier alpha value is -3.65. The third kappa shape index (κ3) is 6.31. The van der Waals surface area contributed by atoms with Gasteiger partial charge in [0.2, 0.25) is 5.91 Å². The minimum absolute atomic E-state index is 0.0365. The molecular weight excluding hydrogens is 524 g/mol. The molecule has 3 aromatic rings. The molecule has 1 saturated heterocycles. The molecule has 2 amide bonds. The van der Waals surface area contributed by atoms with Gasteiger partial charge in [0.25, 0.3) is 5.91 Å². The molecule has 1 N–H and O–H groups in total. The molecular formula is C28H27BrN2O5. The maximum absolute atomic E-state index is 12.6. The Morgan fingerprint density at radius 3 is 2.36 bits per heavy atom. The summed E-state index contributed by atoms with van der Waals surface area (Å²) < 4.78 is 12.0. The number of anilines is 2. The maximum atomic E-state index is 12.6. The van der Waals surface area contributed by atoms with Crippen LogP contribution in [0.4, 0.5) is 11.4 Å². The molecule has 1 heterocycles. The minimum atomic E-state index is -0.632. The summed E-state index contributed by atoms with van der Waals surface area (Å²) in [5.41, 5.74) is 3.47. The number of esters is 1. The van der Waals surface area contributed by atoms with E-state index in [2.05, 4.69) is 21.2 Å². The van der Waals surface area contributed by atoms with Crippen molar-refractivity contribution in [3.63, 3.8) is 0 Å². The highest BCUT2D eigenvalue weighted by Gasteiger charge is 2.36. The van der Waals surface area contributed by atoms with Gasteiger partial charge in [-0.3, -0.25) is 14.4 Å². The lowest BCUT2D eigenvalue weighted by atomic mass is 10.1. The Kier molecular flexibility index (Phi) is 8.05. The minimum Gasteiger partial charge on any atom is -0.457 e. The molecule has 3 aromatic carbocycles. The van der Waals surface area contributed by atoms with Gasteiger partial charge in [0.05, 0.1) is 5.92 Å². The summed E-state index contributed by atoms with van der Waals surface area (Å²) in [4.78, 5) is 39.0. The van der Waals surface area contributed by atoms with Gasteiger partial charge in [-0.15, -0.1) is 0 Å². The molecule has 1 aliphatic heterocycles. The molecule has 0 bridgehead atoms. The standard InChI is InChI=1S/C28H27BrN2O5/c1-3-19-14-21(29)6-13-25(19)30-26(32)17-35-28(34)20-15-27(33)31(16-20)22-7-11-24(12-8-22)36-23-9-4-18(2)5-10-23/h4-14,20H,3,15-17H2,1-2H3,(H,30,32)/t20-/m1/s1. The van der Waals surface area contributed by atoms with Crippen LogP contribution < -0.4 is 15.0 Å². The van der Waals surface area contributed by atoms with Gasteiger partial charge in [-0.25, -0.2) is 0 Å². The van der Waals surface area contributed by atoms with Crippen LogP contribution in [0.5, 0.6) is 11.5 Å². The fraction of sp³-hybridized carbons (Fsp3) is 0.250. The molecule has 1 aliphatic rings. The zero-order valence-corrected chi connectivity index (χ0v) is 21.7. The Morgan fingerprint density at radius 1 is 1.03 bits per heavy atom. The van der Waals surface area contributed by atoms with E-state index in [9.17, 15) is 14.4 Å².